The molecule has 0 bridgehead atoms. The Morgan fingerprint density at radius 2 is 1.84 bits per heavy atom. The van der Waals surface area contributed by atoms with Gasteiger partial charge in [0, 0.05) is 16.1 Å². The molecule has 1 unspecified atom stereocenters. The number of hydrogen-bond acceptors (Lipinski definition) is 3. The molecule has 0 aromatic heterocycles. The highest BCUT2D eigenvalue weighted by atomic mass is 79.9. The van der Waals surface area contributed by atoms with Gasteiger partial charge >= 0.3 is 0 Å². The van der Waals surface area contributed by atoms with Crippen LogP contribution in [0.2, 0.25) is 0 Å². The lowest BCUT2D eigenvalue weighted by Crippen LogP contribution is -2.26. The number of nitrogens with one attached hydrogen (secondary N) is 2. The molecule has 3 N–H and O–H groups in total. The summed E-state index contributed by atoms with van der Waals surface area (Å²) < 4.78 is 0.721. The first-order chi connectivity index (χ1) is 11.9. The largest absolute Gasteiger partial charge is 0.507 e. The average Bonchev–Trinajstić information content (AvgIpc) is 3.42. The van der Waals surface area contributed by atoms with Crippen molar-refractivity contribution in [1.82, 2.24) is 5.32 Å². The number of phenolic OH excluding ortho intramolecular Hbond substituents is 1. The van der Waals surface area contributed by atoms with Gasteiger partial charge in [-0.25, -0.2) is 0 Å². The summed E-state index contributed by atoms with van der Waals surface area (Å²) in [7, 11) is 0. The molecule has 2 aromatic rings. The second kappa shape index (κ2) is 7.27. The fourth-order valence-electron chi connectivity index (χ4n) is 2.49. The van der Waals surface area contributed by atoms with Crippen LogP contribution >= 0.6 is 15.9 Å². The quantitative estimate of drug-likeness (QED) is 0.707. The number of rotatable bonds is 5. The molecule has 0 aliphatic heterocycles. The van der Waals surface area contributed by atoms with E-state index in [0.717, 1.165) is 28.6 Å². The van der Waals surface area contributed by atoms with E-state index in [9.17, 15) is 14.7 Å². The standard InChI is InChI=1S/C19H19BrN2O3/c1-11(21-19(25)16-10-14(20)6-9-17(16)23)12-4-7-15(8-5-12)22-18(24)13-2-3-13/h4-11,13,23H,2-3H2,1H3,(H,21,25)(H,22,24). The van der Waals surface area contributed by atoms with Gasteiger partial charge in [0.05, 0.1) is 11.6 Å². The van der Waals surface area contributed by atoms with Gasteiger partial charge in [-0.1, -0.05) is 28.1 Å². The van der Waals surface area contributed by atoms with E-state index in [1.54, 1.807) is 12.1 Å². The van der Waals surface area contributed by atoms with Gasteiger partial charge in [0.25, 0.3) is 5.91 Å². The predicted octanol–water partition coefficient (Wildman–Crippen LogP) is 3.99. The number of phenols is 1. The molecule has 1 aliphatic rings. The Kier molecular flexibility index (Phi) is 5.08. The summed E-state index contributed by atoms with van der Waals surface area (Å²) in [5, 5.41) is 15.6. The lowest BCUT2D eigenvalue weighted by atomic mass is 10.1. The van der Waals surface area contributed by atoms with Crippen LogP contribution in [0.3, 0.4) is 0 Å². The highest BCUT2D eigenvalue weighted by molar-refractivity contribution is 9.10. The fourth-order valence-corrected chi connectivity index (χ4v) is 2.85. The number of amides is 2. The molecule has 2 aromatic carbocycles. The van der Waals surface area contributed by atoms with E-state index in [-0.39, 0.29) is 35.1 Å². The first kappa shape index (κ1) is 17.5. The molecule has 1 atom stereocenters. The minimum atomic E-state index is -0.350. The van der Waals surface area contributed by atoms with Crippen molar-refractivity contribution in [2.24, 2.45) is 5.92 Å². The van der Waals surface area contributed by atoms with Crippen LogP contribution in [0.25, 0.3) is 0 Å². The highest BCUT2D eigenvalue weighted by Crippen LogP contribution is 2.30. The van der Waals surface area contributed by atoms with Gasteiger partial charge in [-0.3, -0.25) is 9.59 Å². The number of aromatic hydroxyl groups is 1. The van der Waals surface area contributed by atoms with Crippen molar-refractivity contribution < 1.29 is 14.7 Å². The summed E-state index contributed by atoms with van der Waals surface area (Å²) in [5.74, 6) is -0.182. The van der Waals surface area contributed by atoms with Crippen molar-refractivity contribution in [3.63, 3.8) is 0 Å². The van der Waals surface area contributed by atoms with E-state index in [1.165, 1.54) is 6.07 Å². The lowest BCUT2D eigenvalue weighted by molar-refractivity contribution is -0.117. The monoisotopic (exact) mass is 402 g/mol. The van der Waals surface area contributed by atoms with Crippen molar-refractivity contribution in [2.45, 2.75) is 25.8 Å². The summed E-state index contributed by atoms with van der Waals surface area (Å²) in [6.07, 6.45) is 1.94. The Bertz CT molecular complexity index is 801. The van der Waals surface area contributed by atoms with E-state index < -0.39 is 0 Å². The summed E-state index contributed by atoms with van der Waals surface area (Å²) in [6.45, 7) is 1.87. The number of halogens is 1. The lowest BCUT2D eigenvalue weighted by Gasteiger charge is -2.16. The molecule has 0 spiro atoms. The van der Waals surface area contributed by atoms with E-state index in [4.69, 9.17) is 0 Å². The Hall–Kier alpha value is -2.34. The van der Waals surface area contributed by atoms with Crippen molar-refractivity contribution in [3.05, 3.63) is 58.1 Å². The molecule has 5 nitrogen and oxygen atoms in total. The van der Waals surface area contributed by atoms with E-state index in [0.29, 0.717) is 0 Å². The summed E-state index contributed by atoms with van der Waals surface area (Å²) >= 11 is 3.29. The maximum Gasteiger partial charge on any atom is 0.255 e. The van der Waals surface area contributed by atoms with Crippen LogP contribution in [0.1, 0.15) is 41.7 Å². The van der Waals surface area contributed by atoms with E-state index in [1.807, 2.05) is 31.2 Å². The van der Waals surface area contributed by atoms with Crippen LogP contribution in [0, 0.1) is 5.92 Å². The van der Waals surface area contributed by atoms with Gasteiger partial charge in [0.1, 0.15) is 5.75 Å². The number of anilines is 1. The third-order valence-electron chi connectivity index (χ3n) is 4.18. The van der Waals surface area contributed by atoms with Crippen molar-refractivity contribution >= 4 is 33.4 Å². The van der Waals surface area contributed by atoms with Gasteiger partial charge in [0.2, 0.25) is 5.91 Å². The first-order valence-electron chi connectivity index (χ1n) is 8.14. The van der Waals surface area contributed by atoms with Crippen LogP contribution in [0.15, 0.2) is 46.9 Å². The minimum Gasteiger partial charge on any atom is -0.507 e. The van der Waals surface area contributed by atoms with Crippen LogP contribution in [-0.2, 0) is 4.79 Å². The van der Waals surface area contributed by atoms with Gasteiger partial charge < -0.3 is 15.7 Å². The molecule has 1 fully saturated rings. The smallest absolute Gasteiger partial charge is 0.255 e. The Labute approximate surface area is 154 Å². The van der Waals surface area contributed by atoms with Crippen molar-refractivity contribution in [2.75, 3.05) is 5.32 Å². The third kappa shape index (κ3) is 4.39. The molecule has 2 amide bonds. The zero-order valence-corrected chi connectivity index (χ0v) is 15.3. The molecule has 3 rings (SSSR count). The topological polar surface area (TPSA) is 78.4 Å². The number of carbonyl (C=O) groups is 2. The highest BCUT2D eigenvalue weighted by Gasteiger charge is 2.29. The van der Waals surface area contributed by atoms with Gasteiger partial charge in [-0.15, -0.1) is 0 Å². The number of carbonyl (C=O) groups excluding carboxylic acids is 2. The van der Waals surface area contributed by atoms with E-state index >= 15 is 0 Å². The predicted molar refractivity (Wildman–Crippen MR) is 99.5 cm³/mol. The molecule has 0 radical (unpaired) electrons. The van der Waals surface area contributed by atoms with Crippen molar-refractivity contribution in [3.8, 4) is 5.75 Å². The summed E-state index contributed by atoms with van der Waals surface area (Å²) in [6, 6.07) is 11.9. The van der Waals surface area contributed by atoms with Gasteiger partial charge in [0.15, 0.2) is 0 Å². The van der Waals surface area contributed by atoms with Gasteiger partial charge in [-0.2, -0.15) is 0 Å². The molecular weight excluding hydrogens is 384 g/mol. The molecule has 0 heterocycles. The maximum absolute atomic E-state index is 12.3. The third-order valence-corrected chi connectivity index (χ3v) is 4.67. The molecule has 130 valence electrons. The Morgan fingerprint density at radius 3 is 2.48 bits per heavy atom. The zero-order valence-electron chi connectivity index (χ0n) is 13.8. The number of hydrogen-bond donors (Lipinski definition) is 3. The Balaban J connectivity index is 1.64. The average molecular weight is 403 g/mol. The summed E-state index contributed by atoms with van der Waals surface area (Å²) in [4.78, 5) is 24.1. The molecule has 1 aliphatic carbocycles. The van der Waals surface area contributed by atoms with Crippen LogP contribution in [0.4, 0.5) is 5.69 Å². The summed E-state index contributed by atoms with van der Waals surface area (Å²) in [5.41, 5.74) is 1.88. The second-order valence-corrected chi connectivity index (χ2v) is 7.16. The molecule has 1 saturated carbocycles. The Morgan fingerprint density at radius 1 is 1.16 bits per heavy atom. The zero-order chi connectivity index (χ0) is 18.0. The van der Waals surface area contributed by atoms with E-state index in [2.05, 4.69) is 26.6 Å². The second-order valence-electron chi connectivity index (χ2n) is 6.24. The van der Waals surface area contributed by atoms with Crippen LogP contribution in [-0.4, -0.2) is 16.9 Å². The fraction of sp³-hybridized carbons (Fsp3) is 0.263. The molecular formula is C19H19BrN2O3. The van der Waals surface area contributed by atoms with Crippen LogP contribution in [0.5, 0.6) is 5.75 Å². The normalized spacial score (nSPS) is 14.6. The van der Waals surface area contributed by atoms with Crippen molar-refractivity contribution in [1.29, 1.82) is 0 Å². The molecule has 6 heteroatoms. The SMILES string of the molecule is CC(NC(=O)c1cc(Br)ccc1O)c1ccc(NC(=O)C2CC2)cc1. The van der Waals surface area contributed by atoms with Gasteiger partial charge in [-0.05, 0) is 55.7 Å². The first-order valence-corrected chi connectivity index (χ1v) is 8.93. The van der Waals surface area contributed by atoms with Crippen LogP contribution < -0.4 is 10.6 Å². The molecule has 0 saturated heterocycles. The maximum atomic E-state index is 12.3. The molecule has 25 heavy (non-hydrogen) atoms. The minimum absolute atomic E-state index is 0.0639. The number of benzene rings is 2.